The molecule has 2 aliphatic heterocycles. The molecule has 2 aliphatic rings. The van der Waals surface area contributed by atoms with Crippen molar-refractivity contribution >= 4 is 17.4 Å². The number of benzene rings is 2. The molecule has 2 aromatic rings. The van der Waals surface area contributed by atoms with Crippen LogP contribution in [0.1, 0.15) is 17.5 Å². The van der Waals surface area contributed by atoms with E-state index in [0.717, 1.165) is 17.1 Å². The Morgan fingerprint density at radius 2 is 1.91 bits per heavy atom. The van der Waals surface area contributed by atoms with Crippen LogP contribution in [0.2, 0.25) is 5.02 Å². The second-order valence-corrected chi connectivity index (χ2v) is 8.77. The number of likely N-dealkylation sites (N-methyl/N-ethyl adjacent to an activating group) is 1. The van der Waals surface area contributed by atoms with E-state index in [2.05, 4.69) is 14.5 Å². The lowest BCUT2D eigenvalue weighted by atomic mass is 10.1. The van der Waals surface area contributed by atoms with Crippen LogP contribution in [-0.4, -0.2) is 65.0 Å². The summed E-state index contributed by atoms with van der Waals surface area (Å²) in [5.41, 5.74) is 2.67. The van der Waals surface area contributed by atoms with E-state index in [1.807, 2.05) is 42.4 Å². The fraction of sp³-hybridized carbons (Fsp3) is 0.375. The molecular formula is C24H26ClF3N4O2. The molecule has 0 saturated heterocycles. The summed E-state index contributed by atoms with van der Waals surface area (Å²) in [5, 5.41) is 9.88. The van der Waals surface area contributed by atoms with Crippen molar-refractivity contribution in [3.05, 3.63) is 76.6 Å². The molecule has 0 radical (unpaired) electrons. The summed E-state index contributed by atoms with van der Waals surface area (Å²) in [6.45, 7) is 2.01. The Morgan fingerprint density at radius 1 is 1.15 bits per heavy atom. The molecule has 0 spiro atoms. The Bertz CT molecular complexity index is 1060. The van der Waals surface area contributed by atoms with Gasteiger partial charge in [0.1, 0.15) is 11.9 Å². The molecule has 182 valence electrons. The molecule has 2 aromatic carbocycles. The van der Waals surface area contributed by atoms with Crippen LogP contribution in [0.4, 0.5) is 13.2 Å². The highest BCUT2D eigenvalue weighted by Gasteiger charge is 2.36. The number of hydrogen-bond acceptors (Lipinski definition) is 6. The molecule has 1 unspecified atom stereocenters. The third-order valence-corrected chi connectivity index (χ3v) is 5.90. The lowest BCUT2D eigenvalue weighted by molar-refractivity contribution is -0.274. The molecule has 0 aliphatic carbocycles. The van der Waals surface area contributed by atoms with E-state index >= 15 is 0 Å². The van der Waals surface area contributed by atoms with Gasteiger partial charge in [0.25, 0.3) is 0 Å². The van der Waals surface area contributed by atoms with Crippen LogP contribution >= 0.6 is 11.6 Å². The fourth-order valence-electron chi connectivity index (χ4n) is 4.17. The second kappa shape index (κ2) is 10.1. The van der Waals surface area contributed by atoms with E-state index in [1.54, 1.807) is 12.1 Å². The van der Waals surface area contributed by atoms with Crippen molar-refractivity contribution in [2.75, 3.05) is 26.9 Å². The van der Waals surface area contributed by atoms with Crippen molar-refractivity contribution in [2.24, 2.45) is 4.99 Å². The summed E-state index contributed by atoms with van der Waals surface area (Å²) in [7, 11) is 1.96. The molecule has 4 rings (SSSR count). The molecule has 6 nitrogen and oxygen atoms in total. The van der Waals surface area contributed by atoms with Gasteiger partial charge in [-0.05, 0) is 41.8 Å². The molecule has 34 heavy (non-hydrogen) atoms. The fourth-order valence-corrected chi connectivity index (χ4v) is 4.29. The SMILES string of the molecule is CN1CN(CCCO)C=C2C1=NC(Cc1cccc(OC(F)(F)F)c1)N2Cc1ccc(Cl)cc1. The van der Waals surface area contributed by atoms with Crippen molar-refractivity contribution in [1.29, 1.82) is 0 Å². The highest BCUT2D eigenvalue weighted by Crippen LogP contribution is 2.31. The second-order valence-electron chi connectivity index (χ2n) is 8.33. The Balaban J connectivity index is 1.62. The third kappa shape index (κ3) is 5.95. The highest BCUT2D eigenvalue weighted by molar-refractivity contribution is 6.30. The summed E-state index contributed by atoms with van der Waals surface area (Å²) in [6.07, 6.45) is -1.94. The van der Waals surface area contributed by atoms with E-state index in [9.17, 15) is 18.3 Å². The standard InChI is InChI=1S/C24H26ClF3N4O2/c1-30-16-31(10-3-11-33)15-21-23(30)29-22(32(21)14-17-6-8-19(25)9-7-17)13-18-4-2-5-20(12-18)34-24(26,27)28/h2,4-9,12,15,22,33H,3,10-11,13-14,16H2,1H3. The molecule has 0 bridgehead atoms. The van der Waals surface area contributed by atoms with Gasteiger partial charge >= 0.3 is 6.36 Å². The number of fused-ring (bicyclic) bond motifs is 1. The van der Waals surface area contributed by atoms with Crippen LogP contribution in [0.5, 0.6) is 5.75 Å². The Morgan fingerprint density at radius 3 is 2.62 bits per heavy atom. The Hall–Kier alpha value is -2.91. The van der Waals surface area contributed by atoms with Gasteiger partial charge in [0, 0.05) is 44.4 Å². The number of halogens is 4. The zero-order valence-corrected chi connectivity index (χ0v) is 19.4. The number of alkyl halides is 3. The quantitative estimate of drug-likeness (QED) is 0.587. The van der Waals surface area contributed by atoms with Gasteiger partial charge in [-0.2, -0.15) is 0 Å². The molecule has 1 N–H and O–H groups in total. The maximum atomic E-state index is 12.7. The first-order valence-electron chi connectivity index (χ1n) is 10.9. The lowest BCUT2D eigenvalue weighted by Crippen LogP contribution is -2.44. The number of hydrogen-bond donors (Lipinski definition) is 1. The summed E-state index contributed by atoms with van der Waals surface area (Å²) in [6, 6.07) is 13.6. The van der Waals surface area contributed by atoms with Gasteiger partial charge in [-0.25, -0.2) is 4.99 Å². The predicted molar refractivity (Wildman–Crippen MR) is 124 cm³/mol. The number of nitrogens with zero attached hydrogens (tertiary/aromatic N) is 4. The molecule has 0 amide bonds. The minimum atomic E-state index is -4.74. The number of amidine groups is 1. The van der Waals surface area contributed by atoms with Gasteiger partial charge in [0.2, 0.25) is 0 Å². The summed E-state index contributed by atoms with van der Waals surface area (Å²) >= 11 is 6.05. The van der Waals surface area contributed by atoms with Crippen LogP contribution in [0.15, 0.2) is 65.4 Å². The van der Waals surface area contributed by atoms with Gasteiger partial charge in [0.15, 0.2) is 5.84 Å². The van der Waals surface area contributed by atoms with E-state index in [4.69, 9.17) is 16.6 Å². The molecule has 0 aromatic heterocycles. The first-order chi connectivity index (χ1) is 16.2. The largest absolute Gasteiger partial charge is 0.573 e. The monoisotopic (exact) mass is 494 g/mol. The summed E-state index contributed by atoms with van der Waals surface area (Å²) in [4.78, 5) is 11.3. The first kappa shape index (κ1) is 24.2. The van der Waals surface area contributed by atoms with Crippen molar-refractivity contribution < 1.29 is 23.0 Å². The molecular weight excluding hydrogens is 469 g/mol. The lowest BCUT2D eigenvalue weighted by Gasteiger charge is -2.36. The number of aliphatic imine (C=N–C) groups is 1. The molecule has 2 heterocycles. The topological polar surface area (TPSA) is 51.5 Å². The zero-order valence-electron chi connectivity index (χ0n) is 18.7. The maximum absolute atomic E-state index is 12.7. The van der Waals surface area contributed by atoms with Gasteiger partial charge in [-0.15, -0.1) is 13.2 Å². The van der Waals surface area contributed by atoms with Crippen molar-refractivity contribution in [1.82, 2.24) is 14.7 Å². The number of aliphatic hydroxyl groups excluding tert-OH is 1. The van der Waals surface area contributed by atoms with Crippen molar-refractivity contribution in [3.8, 4) is 5.75 Å². The minimum Gasteiger partial charge on any atom is -0.406 e. The molecule has 10 heteroatoms. The third-order valence-electron chi connectivity index (χ3n) is 5.65. The van der Waals surface area contributed by atoms with Crippen LogP contribution in [0, 0.1) is 0 Å². The average molecular weight is 495 g/mol. The van der Waals surface area contributed by atoms with E-state index in [0.29, 0.717) is 43.2 Å². The molecule has 0 saturated carbocycles. The minimum absolute atomic E-state index is 0.109. The maximum Gasteiger partial charge on any atom is 0.573 e. The Labute approximate surface area is 201 Å². The van der Waals surface area contributed by atoms with Crippen LogP contribution in [0.3, 0.4) is 0 Å². The zero-order chi connectivity index (χ0) is 24.3. The normalized spacial score (nSPS) is 18.1. The van der Waals surface area contributed by atoms with Gasteiger partial charge in [-0.3, -0.25) is 0 Å². The van der Waals surface area contributed by atoms with Crippen LogP contribution < -0.4 is 4.74 Å². The van der Waals surface area contributed by atoms with E-state index in [1.165, 1.54) is 12.1 Å². The smallest absolute Gasteiger partial charge is 0.406 e. The summed E-state index contributed by atoms with van der Waals surface area (Å²) in [5.74, 6) is 0.589. The number of ether oxygens (including phenoxy) is 1. The van der Waals surface area contributed by atoms with Crippen molar-refractivity contribution in [3.63, 3.8) is 0 Å². The number of aliphatic hydroxyl groups is 1. The highest BCUT2D eigenvalue weighted by atomic mass is 35.5. The first-order valence-corrected chi connectivity index (χ1v) is 11.3. The van der Waals surface area contributed by atoms with E-state index in [-0.39, 0.29) is 18.5 Å². The van der Waals surface area contributed by atoms with Gasteiger partial charge in [-0.1, -0.05) is 35.9 Å². The Kier molecular flexibility index (Phi) is 7.23. The van der Waals surface area contributed by atoms with Gasteiger partial charge < -0.3 is 24.5 Å². The molecule has 1 atom stereocenters. The van der Waals surface area contributed by atoms with E-state index < -0.39 is 6.36 Å². The van der Waals surface area contributed by atoms with Crippen LogP contribution in [0.25, 0.3) is 0 Å². The molecule has 0 fully saturated rings. The number of rotatable bonds is 8. The summed E-state index contributed by atoms with van der Waals surface area (Å²) < 4.78 is 42.1. The van der Waals surface area contributed by atoms with Crippen molar-refractivity contribution in [2.45, 2.75) is 31.9 Å². The predicted octanol–water partition coefficient (Wildman–Crippen LogP) is 4.45. The van der Waals surface area contributed by atoms with Gasteiger partial charge in [0.05, 0.1) is 12.4 Å². The van der Waals surface area contributed by atoms with Crippen LogP contribution in [-0.2, 0) is 13.0 Å². The average Bonchev–Trinajstić information content (AvgIpc) is 3.10.